The Bertz CT molecular complexity index is 451. The van der Waals surface area contributed by atoms with Crippen LogP contribution in [0.4, 0.5) is 0 Å². The van der Waals surface area contributed by atoms with Gasteiger partial charge in [-0.15, -0.1) is 0 Å². The van der Waals surface area contributed by atoms with E-state index in [-0.39, 0.29) is 17.9 Å². The number of esters is 2. The number of carbonyl (C=O) groups is 2. The van der Waals surface area contributed by atoms with Crippen molar-refractivity contribution in [1.82, 2.24) is 4.90 Å². The van der Waals surface area contributed by atoms with Crippen LogP contribution in [0.15, 0.2) is 22.5 Å². The molecule has 0 N–H and O–H groups in total. The maximum absolute atomic E-state index is 12.2. The van der Waals surface area contributed by atoms with Crippen molar-refractivity contribution in [3.05, 3.63) is 22.5 Å². The summed E-state index contributed by atoms with van der Waals surface area (Å²) in [5.41, 5.74) is 2.83. The topological polar surface area (TPSA) is 55.8 Å². The smallest absolute Gasteiger partial charge is 0.336 e. The summed E-state index contributed by atoms with van der Waals surface area (Å²) >= 11 is 0. The average Bonchev–Trinajstić information content (AvgIpc) is 2.49. The average molecular weight is 295 g/mol. The standard InChI is InChI=1S/C16H25NO4/c1-7-9-17-10(3)13(15(18)20-5)12(8-2)14(11(17)4)16(19)21-6/h12H,7-9H2,1-6H3. The van der Waals surface area contributed by atoms with Crippen molar-refractivity contribution in [2.45, 2.75) is 40.5 Å². The number of rotatable bonds is 5. The SMILES string of the molecule is CCCN1C(C)=C(C(=O)OC)C(CC)C(C(=O)OC)=C1C. The van der Waals surface area contributed by atoms with Crippen LogP contribution in [0.2, 0.25) is 0 Å². The van der Waals surface area contributed by atoms with Crippen LogP contribution in [0.3, 0.4) is 0 Å². The Morgan fingerprint density at radius 1 is 1.00 bits per heavy atom. The molecule has 118 valence electrons. The van der Waals surface area contributed by atoms with Gasteiger partial charge in [0, 0.05) is 23.9 Å². The molecule has 0 saturated carbocycles. The van der Waals surface area contributed by atoms with E-state index < -0.39 is 0 Å². The molecule has 0 spiro atoms. The minimum atomic E-state index is -0.380. The van der Waals surface area contributed by atoms with Gasteiger partial charge < -0.3 is 14.4 Å². The molecule has 0 aromatic rings. The Labute approximate surface area is 126 Å². The van der Waals surface area contributed by atoms with Crippen molar-refractivity contribution in [3.63, 3.8) is 0 Å². The molecule has 0 unspecified atom stereocenters. The highest BCUT2D eigenvalue weighted by molar-refractivity contribution is 5.97. The van der Waals surface area contributed by atoms with E-state index >= 15 is 0 Å². The summed E-state index contributed by atoms with van der Waals surface area (Å²) in [5.74, 6) is -1.04. The fourth-order valence-corrected chi connectivity index (χ4v) is 2.96. The van der Waals surface area contributed by atoms with Crippen molar-refractivity contribution in [2.75, 3.05) is 20.8 Å². The van der Waals surface area contributed by atoms with Crippen LogP contribution in [0.1, 0.15) is 40.5 Å². The molecule has 0 fully saturated rings. The molecule has 1 aliphatic rings. The largest absolute Gasteiger partial charge is 0.466 e. The van der Waals surface area contributed by atoms with Crippen molar-refractivity contribution in [1.29, 1.82) is 0 Å². The van der Waals surface area contributed by atoms with Crippen LogP contribution in [0.5, 0.6) is 0 Å². The third-order valence-corrected chi connectivity index (χ3v) is 3.95. The molecule has 0 amide bonds. The quantitative estimate of drug-likeness (QED) is 0.730. The molecule has 1 rings (SSSR count). The van der Waals surface area contributed by atoms with Crippen LogP contribution >= 0.6 is 0 Å². The highest BCUT2D eigenvalue weighted by atomic mass is 16.5. The van der Waals surface area contributed by atoms with Gasteiger partial charge in [0.1, 0.15) is 0 Å². The molecule has 0 aromatic carbocycles. The summed E-state index contributed by atoms with van der Waals surface area (Å²) in [5, 5.41) is 0. The van der Waals surface area contributed by atoms with Crippen molar-refractivity contribution in [3.8, 4) is 0 Å². The van der Waals surface area contributed by atoms with E-state index in [4.69, 9.17) is 9.47 Å². The summed E-state index contributed by atoms with van der Waals surface area (Å²) in [7, 11) is 2.73. The lowest BCUT2D eigenvalue weighted by Gasteiger charge is -2.37. The second kappa shape index (κ2) is 7.29. The minimum absolute atomic E-state index is 0.280. The first-order valence-electron chi connectivity index (χ1n) is 7.30. The van der Waals surface area contributed by atoms with Crippen LogP contribution in [0, 0.1) is 5.92 Å². The fourth-order valence-electron chi connectivity index (χ4n) is 2.96. The second-order valence-corrected chi connectivity index (χ2v) is 5.09. The van der Waals surface area contributed by atoms with Gasteiger partial charge in [0.15, 0.2) is 0 Å². The molecule has 0 aromatic heterocycles. The molecule has 0 saturated heterocycles. The molecular weight excluding hydrogens is 270 g/mol. The number of hydrogen-bond acceptors (Lipinski definition) is 5. The molecule has 0 aliphatic carbocycles. The molecule has 1 aliphatic heterocycles. The second-order valence-electron chi connectivity index (χ2n) is 5.09. The van der Waals surface area contributed by atoms with E-state index in [1.165, 1.54) is 14.2 Å². The highest BCUT2D eigenvalue weighted by Gasteiger charge is 2.37. The molecule has 21 heavy (non-hydrogen) atoms. The van der Waals surface area contributed by atoms with E-state index in [2.05, 4.69) is 6.92 Å². The zero-order chi connectivity index (χ0) is 16.2. The van der Waals surface area contributed by atoms with E-state index in [1.807, 2.05) is 25.7 Å². The Hall–Kier alpha value is -1.78. The first-order chi connectivity index (χ1) is 9.94. The van der Waals surface area contributed by atoms with E-state index in [0.29, 0.717) is 17.6 Å². The van der Waals surface area contributed by atoms with E-state index in [9.17, 15) is 9.59 Å². The third-order valence-electron chi connectivity index (χ3n) is 3.95. The Morgan fingerprint density at radius 2 is 1.43 bits per heavy atom. The molecule has 5 heteroatoms. The van der Waals surface area contributed by atoms with E-state index in [0.717, 1.165) is 24.4 Å². The summed E-state index contributed by atoms with van der Waals surface area (Å²) in [4.78, 5) is 26.4. The van der Waals surface area contributed by atoms with Gasteiger partial charge in [-0.3, -0.25) is 0 Å². The molecule has 0 atom stereocenters. The van der Waals surface area contributed by atoms with Crippen LogP contribution in [-0.4, -0.2) is 37.6 Å². The first kappa shape index (κ1) is 17.3. The lowest BCUT2D eigenvalue weighted by molar-refractivity contribution is -0.138. The maximum Gasteiger partial charge on any atom is 0.336 e. The van der Waals surface area contributed by atoms with Gasteiger partial charge in [-0.2, -0.15) is 0 Å². The van der Waals surface area contributed by atoms with Crippen molar-refractivity contribution < 1.29 is 19.1 Å². The van der Waals surface area contributed by atoms with Crippen LogP contribution in [-0.2, 0) is 19.1 Å². The van der Waals surface area contributed by atoms with Gasteiger partial charge in [-0.05, 0) is 26.7 Å². The van der Waals surface area contributed by atoms with Crippen LogP contribution in [0.25, 0.3) is 0 Å². The lowest BCUT2D eigenvalue weighted by Crippen LogP contribution is -2.36. The Kier molecular flexibility index (Phi) is 6.00. The van der Waals surface area contributed by atoms with Gasteiger partial charge in [0.05, 0.1) is 25.4 Å². The summed E-state index contributed by atoms with van der Waals surface area (Å²) in [6.45, 7) is 8.56. The van der Waals surface area contributed by atoms with Gasteiger partial charge in [-0.25, -0.2) is 9.59 Å². The Morgan fingerprint density at radius 3 is 1.71 bits per heavy atom. The number of ether oxygens (including phenoxy) is 2. The minimum Gasteiger partial charge on any atom is -0.466 e. The summed E-state index contributed by atoms with van der Waals surface area (Å²) in [6.07, 6.45) is 1.55. The zero-order valence-electron chi connectivity index (χ0n) is 13.8. The molecule has 0 radical (unpaired) electrons. The number of nitrogens with zero attached hydrogens (tertiary/aromatic N) is 1. The molecule has 5 nitrogen and oxygen atoms in total. The highest BCUT2D eigenvalue weighted by Crippen LogP contribution is 2.38. The van der Waals surface area contributed by atoms with Crippen molar-refractivity contribution >= 4 is 11.9 Å². The molecule has 0 bridgehead atoms. The number of carbonyl (C=O) groups excluding carboxylic acids is 2. The molecular formula is C16H25NO4. The normalized spacial score (nSPS) is 16.4. The van der Waals surface area contributed by atoms with E-state index in [1.54, 1.807) is 0 Å². The zero-order valence-corrected chi connectivity index (χ0v) is 13.8. The predicted octanol–water partition coefficient (Wildman–Crippen LogP) is 2.63. The van der Waals surface area contributed by atoms with Gasteiger partial charge in [-0.1, -0.05) is 13.8 Å². The first-order valence-corrected chi connectivity index (χ1v) is 7.30. The fraction of sp³-hybridized carbons (Fsp3) is 0.625. The number of hydrogen-bond donors (Lipinski definition) is 0. The predicted molar refractivity (Wildman–Crippen MR) is 80.2 cm³/mol. The maximum atomic E-state index is 12.2. The number of allylic oxidation sites excluding steroid dienone is 2. The summed E-state index contributed by atoms with van der Waals surface area (Å²) < 4.78 is 9.83. The van der Waals surface area contributed by atoms with Gasteiger partial charge in [0.25, 0.3) is 0 Å². The monoisotopic (exact) mass is 295 g/mol. The van der Waals surface area contributed by atoms with Gasteiger partial charge in [0.2, 0.25) is 0 Å². The Balaban J connectivity index is 3.48. The molecule has 1 heterocycles. The van der Waals surface area contributed by atoms with Crippen molar-refractivity contribution in [2.24, 2.45) is 5.92 Å². The number of methoxy groups -OCH3 is 2. The third kappa shape index (κ3) is 3.12. The lowest BCUT2D eigenvalue weighted by atomic mass is 9.82. The van der Waals surface area contributed by atoms with Crippen LogP contribution < -0.4 is 0 Å². The van der Waals surface area contributed by atoms with Gasteiger partial charge >= 0.3 is 11.9 Å². The summed E-state index contributed by atoms with van der Waals surface area (Å²) in [6, 6.07) is 0.